The number of hydrogen-bond donors (Lipinski definition) is 0. The summed E-state index contributed by atoms with van der Waals surface area (Å²) in [5, 5.41) is 0. The number of rotatable bonds is 3. The summed E-state index contributed by atoms with van der Waals surface area (Å²) in [6, 6.07) is 8.72. The summed E-state index contributed by atoms with van der Waals surface area (Å²) in [4.78, 5) is 2.53. The molecule has 0 aliphatic carbocycles. The van der Waals surface area contributed by atoms with Crippen LogP contribution in [0.1, 0.15) is 38.7 Å². The Morgan fingerprint density at radius 1 is 1.17 bits per heavy atom. The van der Waals surface area contributed by atoms with Crippen molar-refractivity contribution >= 4 is 17.3 Å². The molecule has 0 spiro atoms. The topological polar surface area (TPSA) is 3.24 Å². The van der Waals surface area contributed by atoms with Crippen LogP contribution in [0.5, 0.6) is 0 Å². The highest BCUT2D eigenvalue weighted by atomic mass is 35.5. The lowest BCUT2D eigenvalue weighted by Crippen LogP contribution is -2.24. The van der Waals surface area contributed by atoms with Crippen LogP contribution in [0.15, 0.2) is 24.3 Å². The molecular formula is C16H24ClN. The normalized spacial score (nSPS) is 21.1. The Hall–Kier alpha value is -0.690. The van der Waals surface area contributed by atoms with Crippen LogP contribution >= 0.6 is 11.6 Å². The van der Waals surface area contributed by atoms with E-state index in [9.17, 15) is 0 Å². The molecule has 1 fully saturated rings. The Morgan fingerprint density at radius 2 is 1.89 bits per heavy atom. The first-order valence-electron chi connectivity index (χ1n) is 7.10. The third kappa shape index (κ3) is 3.41. The van der Waals surface area contributed by atoms with E-state index in [2.05, 4.69) is 43.0 Å². The van der Waals surface area contributed by atoms with Crippen LogP contribution in [0.2, 0.25) is 0 Å². The number of anilines is 1. The Balaban J connectivity index is 2.00. The van der Waals surface area contributed by atoms with Gasteiger partial charge in [0.15, 0.2) is 0 Å². The highest BCUT2D eigenvalue weighted by Crippen LogP contribution is 2.27. The van der Waals surface area contributed by atoms with E-state index < -0.39 is 0 Å². The van der Waals surface area contributed by atoms with Gasteiger partial charge in [-0.15, -0.1) is 11.6 Å². The predicted octanol–water partition coefficient (Wildman–Crippen LogP) is 4.69. The molecule has 0 bridgehead atoms. The van der Waals surface area contributed by atoms with Crippen LogP contribution in [-0.4, -0.2) is 13.1 Å². The van der Waals surface area contributed by atoms with Crippen LogP contribution in [0.4, 0.5) is 5.69 Å². The number of nitrogens with zero attached hydrogens (tertiary/aromatic N) is 1. The molecular weight excluding hydrogens is 242 g/mol. The highest BCUT2D eigenvalue weighted by molar-refractivity contribution is 6.17. The van der Waals surface area contributed by atoms with Gasteiger partial charge in [-0.3, -0.25) is 0 Å². The average molecular weight is 266 g/mol. The van der Waals surface area contributed by atoms with Crippen LogP contribution in [0, 0.1) is 11.8 Å². The van der Waals surface area contributed by atoms with Crippen molar-refractivity contribution in [3.05, 3.63) is 29.8 Å². The van der Waals surface area contributed by atoms with Gasteiger partial charge in [-0.2, -0.15) is 0 Å². The van der Waals surface area contributed by atoms with Crippen LogP contribution in [0.3, 0.4) is 0 Å². The fourth-order valence-corrected chi connectivity index (χ4v) is 3.02. The van der Waals surface area contributed by atoms with Gasteiger partial charge in [0, 0.05) is 24.7 Å². The molecule has 2 rings (SSSR count). The second-order valence-corrected chi connectivity index (χ2v) is 5.99. The summed E-state index contributed by atoms with van der Waals surface area (Å²) in [6.07, 6.45) is 4.03. The molecule has 1 aromatic carbocycles. The summed E-state index contributed by atoms with van der Waals surface area (Å²) < 4.78 is 0. The third-order valence-electron chi connectivity index (χ3n) is 4.17. The van der Waals surface area contributed by atoms with Crippen molar-refractivity contribution in [2.75, 3.05) is 18.0 Å². The quantitative estimate of drug-likeness (QED) is 0.717. The average Bonchev–Trinajstić information content (AvgIpc) is 2.64. The molecule has 1 aliphatic rings. The van der Waals surface area contributed by atoms with Gasteiger partial charge in [-0.25, -0.2) is 0 Å². The minimum Gasteiger partial charge on any atom is -0.372 e. The maximum Gasteiger partial charge on any atom is 0.0474 e. The van der Waals surface area contributed by atoms with Crippen molar-refractivity contribution < 1.29 is 0 Å². The molecule has 0 aromatic heterocycles. The highest BCUT2D eigenvalue weighted by Gasteiger charge is 2.19. The fraction of sp³-hybridized carbons (Fsp3) is 0.625. The van der Waals surface area contributed by atoms with Crippen LogP contribution in [0.25, 0.3) is 0 Å². The first-order chi connectivity index (χ1) is 8.70. The number of benzene rings is 1. The van der Waals surface area contributed by atoms with Gasteiger partial charge in [0.2, 0.25) is 0 Å². The van der Waals surface area contributed by atoms with Crippen molar-refractivity contribution in [1.29, 1.82) is 0 Å². The van der Waals surface area contributed by atoms with E-state index in [1.54, 1.807) is 0 Å². The molecule has 0 amide bonds. The molecule has 0 saturated carbocycles. The zero-order valence-corrected chi connectivity index (χ0v) is 12.3. The molecule has 100 valence electrons. The second kappa shape index (κ2) is 6.47. The number of hydrogen-bond acceptors (Lipinski definition) is 1. The first-order valence-corrected chi connectivity index (χ1v) is 7.64. The summed E-state index contributed by atoms with van der Waals surface area (Å²) in [5.74, 6) is 2.33. The van der Waals surface area contributed by atoms with Gasteiger partial charge < -0.3 is 4.90 Å². The first kappa shape index (κ1) is 13.7. The van der Waals surface area contributed by atoms with Gasteiger partial charge in [0.1, 0.15) is 0 Å². The molecule has 1 saturated heterocycles. The van der Waals surface area contributed by atoms with E-state index in [0.29, 0.717) is 5.88 Å². The SMILES string of the molecule is CC(C)C1CCCN(c2ccc(CCl)cc2)CC1. The number of alkyl halides is 1. The Bertz CT molecular complexity index is 358. The molecule has 1 atom stereocenters. The zero-order chi connectivity index (χ0) is 13.0. The van der Waals surface area contributed by atoms with Crippen molar-refractivity contribution in [2.24, 2.45) is 11.8 Å². The van der Waals surface area contributed by atoms with Gasteiger partial charge in [-0.05, 0) is 48.8 Å². The minimum absolute atomic E-state index is 0.607. The lowest BCUT2D eigenvalue weighted by atomic mass is 9.89. The molecule has 0 radical (unpaired) electrons. The lowest BCUT2D eigenvalue weighted by Gasteiger charge is -2.23. The summed E-state index contributed by atoms with van der Waals surface area (Å²) in [6.45, 7) is 7.11. The van der Waals surface area contributed by atoms with Crippen molar-refractivity contribution in [3.8, 4) is 0 Å². The number of halogens is 1. The predicted molar refractivity (Wildman–Crippen MR) is 80.4 cm³/mol. The van der Waals surface area contributed by atoms with E-state index in [1.807, 2.05) is 0 Å². The lowest BCUT2D eigenvalue weighted by molar-refractivity contribution is 0.351. The molecule has 2 heteroatoms. The summed E-state index contributed by atoms with van der Waals surface area (Å²) in [7, 11) is 0. The smallest absolute Gasteiger partial charge is 0.0474 e. The standard InChI is InChI=1S/C16H24ClN/c1-13(2)15-4-3-10-18(11-9-15)16-7-5-14(12-17)6-8-16/h5-8,13,15H,3-4,9-12H2,1-2H3. The Kier molecular flexibility index (Phi) is 4.94. The van der Waals surface area contributed by atoms with Gasteiger partial charge >= 0.3 is 0 Å². The second-order valence-electron chi connectivity index (χ2n) is 5.72. The summed E-state index contributed by atoms with van der Waals surface area (Å²) >= 11 is 5.83. The molecule has 0 N–H and O–H groups in total. The Morgan fingerprint density at radius 3 is 2.50 bits per heavy atom. The van der Waals surface area contributed by atoms with E-state index in [4.69, 9.17) is 11.6 Å². The molecule has 1 unspecified atom stereocenters. The molecule has 18 heavy (non-hydrogen) atoms. The fourth-order valence-electron chi connectivity index (χ4n) is 2.84. The van der Waals surface area contributed by atoms with Gasteiger partial charge in [0.25, 0.3) is 0 Å². The maximum absolute atomic E-state index is 5.83. The van der Waals surface area contributed by atoms with Crippen molar-refractivity contribution in [1.82, 2.24) is 0 Å². The molecule has 1 aromatic rings. The van der Waals surface area contributed by atoms with Gasteiger partial charge in [-0.1, -0.05) is 26.0 Å². The molecule has 1 heterocycles. The minimum atomic E-state index is 0.607. The van der Waals surface area contributed by atoms with Crippen LogP contribution < -0.4 is 4.90 Å². The van der Waals surface area contributed by atoms with E-state index in [1.165, 1.54) is 43.6 Å². The van der Waals surface area contributed by atoms with Crippen molar-refractivity contribution in [2.45, 2.75) is 39.0 Å². The zero-order valence-electron chi connectivity index (χ0n) is 11.5. The van der Waals surface area contributed by atoms with Crippen LogP contribution in [-0.2, 0) is 5.88 Å². The largest absolute Gasteiger partial charge is 0.372 e. The van der Waals surface area contributed by atoms with E-state index >= 15 is 0 Å². The third-order valence-corrected chi connectivity index (χ3v) is 4.48. The Labute approximate surface area is 116 Å². The van der Waals surface area contributed by atoms with E-state index in [-0.39, 0.29) is 0 Å². The van der Waals surface area contributed by atoms with E-state index in [0.717, 1.165) is 11.8 Å². The maximum atomic E-state index is 5.83. The summed E-state index contributed by atoms with van der Waals surface area (Å²) in [5.41, 5.74) is 2.56. The molecule has 1 nitrogen and oxygen atoms in total. The molecule has 1 aliphatic heterocycles. The van der Waals surface area contributed by atoms with Gasteiger partial charge in [0.05, 0.1) is 0 Å². The monoisotopic (exact) mass is 265 g/mol. The van der Waals surface area contributed by atoms with Crippen molar-refractivity contribution in [3.63, 3.8) is 0 Å².